The van der Waals surface area contributed by atoms with Crippen molar-refractivity contribution in [1.29, 1.82) is 0 Å². The van der Waals surface area contributed by atoms with Gasteiger partial charge in [0, 0.05) is 6.42 Å². The quantitative estimate of drug-likeness (QED) is 0.844. The van der Waals surface area contributed by atoms with Crippen molar-refractivity contribution in [1.82, 2.24) is 15.2 Å². The second-order valence-electron chi connectivity index (χ2n) is 4.30. The normalized spacial score (nSPS) is 20.1. The lowest BCUT2D eigenvalue weighted by atomic mass is 10.1. The van der Waals surface area contributed by atoms with Crippen LogP contribution in [0, 0.1) is 0 Å². The molecule has 0 radical (unpaired) electrons. The highest BCUT2D eigenvalue weighted by Gasteiger charge is 2.32. The van der Waals surface area contributed by atoms with Crippen LogP contribution in [0.5, 0.6) is 0 Å². The van der Waals surface area contributed by atoms with Crippen LogP contribution in [0.15, 0.2) is 10.6 Å². The largest absolute Gasteiger partial charge is 0.444 e. The molecular weight excluding hydrogens is 234 g/mol. The molecule has 1 aromatic rings. The minimum Gasteiger partial charge on any atom is -0.444 e. The van der Waals surface area contributed by atoms with E-state index in [0.717, 1.165) is 12.2 Å². The summed E-state index contributed by atoms with van der Waals surface area (Å²) in [6.45, 7) is 4.16. The van der Waals surface area contributed by atoms with Gasteiger partial charge < -0.3 is 14.6 Å². The van der Waals surface area contributed by atoms with Crippen LogP contribution in [0.3, 0.4) is 0 Å². The van der Waals surface area contributed by atoms with Gasteiger partial charge in [0.25, 0.3) is 0 Å². The van der Waals surface area contributed by atoms with E-state index < -0.39 is 6.04 Å². The third kappa shape index (κ3) is 2.52. The lowest BCUT2D eigenvalue weighted by Crippen LogP contribution is -2.57. The van der Waals surface area contributed by atoms with Gasteiger partial charge >= 0.3 is 0 Å². The minimum absolute atomic E-state index is 0.0686. The van der Waals surface area contributed by atoms with E-state index in [0.29, 0.717) is 12.3 Å². The maximum absolute atomic E-state index is 12.0. The third-order valence-corrected chi connectivity index (χ3v) is 2.96. The van der Waals surface area contributed by atoms with E-state index in [-0.39, 0.29) is 24.9 Å². The molecule has 0 saturated carbocycles. The van der Waals surface area contributed by atoms with Crippen molar-refractivity contribution >= 4 is 11.8 Å². The molecule has 0 aromatic carbocycles. The van der Waals surface area contributed by atoms with E-state index in [2.05, 4.69) is 10.3 Å². The summed E-state index contributed by atoms with van der Waals surface area (Å²) in [4.78, 5) is 29.1. The third-order valence-electron chi connectivity index (χ3n) is 2.96. The first-order valence-electron chi connectivity index (χ1n) is 6.15. The highest BCUT2D eigenvalue weighted by Crippen LogP contribution is 2.11. The Labute approximate surface area is 105 Å². The van der Waals surface area contributed by atoms with Crippen LogP contribution in [-0.4, -0.2) is 34.3 Å². The van der Waals surface area contributed by atoms with Crippen LogP contribution >= 0.6 is 0 Å². The molecule has 2 rings (SSSR count). The Balaban J connectivity index is 2.07. The second-order valence-corrected chi connectivity index (χ2v) is 4.30. The van der Waals surface area contributed by atoms with E-state index in [1.807, 2.05) is 13.8 Å². The Morgan fingerprint density at radius 2 is 2.28 bits per heavy atom. The molecule has 1 atom stereocenters. The van der Waals surface area contributed by atoms with Gasteiger partial charge in [-0.05, 0) is 6.42 Å². The molecule has 1 aliphatic rings. The molecule has 1 saturated heterocycles. The van der Waals surface area contributed by atoms with E-state index in [1.165, 1.54) is 4.90 Å². The Kier molecular flexibility index (Phi) is 3.64. The van der Waals surface area contributed by atoms with Crippen molar-refractivity contribution in [2.75, 3.05) is 6.54 Å². The van der Waals surface area contributed by atoms with Crippen LogP contribution in [0.4, 0.5) is 0 Å². The highest BCUT2D eigenvalue weighted by atomic mass is 16.4. The summed E-state index contributed by atoms with van der Waals surface area (Å²) in [6.07, 6.45) is 3.01. The molecule has 1 unspecified atom stereocenters. The minimum atomic E-state index is -0.424. The predicted molar refractivity (Wildman–Crippen MR) is 63.5 cm³/mol. The maximum Gasteiger partial charge on any atom is 0.246 e. The summed E-state index contributed by atoms with van der Waals surface area (Å²) >= 11 is 0. The van der Waals surface area contributed by atoms with E-state index in [9.17, 15) is 9.59 Å². The zero-order chi connectivity index (χ0) is 13.1. The van der Waals surface area contributed by atoms with Gasteiger partial charge in [-0.3, -0.25) is 9.59 Å². The fraction of sp³-hybridized carbons (Fsp3) is 0.583. The Bertz CT molecular complexity index is 455. The monoisotopic (exact) mass is 251 g/mol. The number of hydrogen-bond donors (Lipinski definition) is 1. The van der Waals surface area contributed by atoms with Crippen molar-refractivity contribution in [3.8, 4) is 0 Å². The number of amides is 2. The van der Waals surface area contributed by atoms with Gasteiger partial charge in [0.2, 0.25) is 17.7 Å². The Morgan fingerprint density at radius 3 is 2.89 bits per heavy atom. The number of nitrogens with zero attached hydrogens (tertiary/aromatic N) is 2. The van der Waals surface area contributed by atoms with Gasteiger partial charge in [0.05, 0.1) is 12.7 Å². The molecule has 1 N–H and O–H groups in total. The molecule has 2 heterocycles. The lowest BCUT2D eigenvalue weighted by molar-refractivity contribution is -0.145. The van der Waals surface area contributed by atoms with Crippen LogP contribution in [0.1, 0.15) is 31.9 Å². The average Bonchev–Trinajstić information content (AvgIpc) is 2.81. The van der Waals surface area contributed by atoms with Gasteiger partial charge in [-0.1, -0.05) is 13.8 Å². The molecule has 6 nitrogen and oxygen atoms in total. The fourth-order valence-electron chi connectivity index (χ4n) is 1.93. The number of oxazole rings is 1. The standard InChI is InChI=1S/C12H17N3O3/c1-3-8-5-13-11(18-8)7-15-6-10(16)14-9(4-2)12(15)17/h5,9H,3-4,6-7H2,1-2H3,(H,14,16). The van der Waals surface area contributed by atoms with Crippen LogP contribution < -0.4 is 5.32 Å². The zero-order valence-electron chi connectivity index (χ0n) is 10.6. The smallest absolute Gasteiger partial charge is 0.246 e. The first kappa shape index (κ1) is 12.6. The van der Waals surface area contributed by atoms with Crippen molar-refractivity contribution in [3.63, 3.8) is 0 Å². The number of carbonyl (C=O) groups excluding carboxylic acids is 2. The molecule has 0 spiro atoms. The molecule has 6 heteroatoms. The maximum atomic E-state index is 12.0. The number of aromatic nitrogens is 1. The summed E-state index contributed by atoms with van der Waals surface area (Å²) < 4.78 is 5.45. The van der Waals surface area contributed by atoms with Gasteiger partial charge in [0.1, 0.15) is 18.3 Å². The van der Waals surface area contributed by atoms with Gasteiger partial charge in [0.15, 0.2) is 0 Å². The zero-order valence-corrected chi connectivity index (χ0v) is 10.6. The lowest BCUT2D eigenvalue weighted by Gasteiger charge is -2.31. The topological polar surface area (TPSA) is 75.4 Å². The van der Waals surface area contributed by atoms with E-state index in [4.69, 9.17) is 4.42 Å². The number of rotatable bonds is 4. The summed E-state index contributed by atoms with van der Waals surface area (Å²) in [5.74, 6) is 1.05. The van der Waals surface area contributed by atoms with E-state index in [1.54, 1.807) is 6.20 Å². The molecule has 1 aliphatic heterocycles. The summed E-state index contributed by atoms with van der Waals surface area (Å²) in [5.41, 5.74) is 0. The molecule has 18 heavy (non-hydrogen) atoms. The van der Waals surface area contributed by atoms with Gasteiger partial charge in [-0.25, -0.2) is 4.98 Å². The molecule has 0 bridgehead atoms. The summed E-state index contributed by atoms with van der Waals surface area (Å²) in [7, 11) is 0. The first-order chi connectivity index (χ1) is 8.63. The Morgan fingerprint density at radius 1 is 1.50 bits per heavy atom. The SMILES string of the molecule is CCc1cnc(CN2CC(=O)NC(CC)C2=O)o1. The van der Waals surface area contributed by atoms with Crippen molar-refractivity contribution in [3.05, 3.63) is 17.8 Å². The van der Waals surface area contributed by atoms with Crippen LogP contribution in [0.2, 0.25) is 0 Å². The molecule has 0 aliphatic carbocycles. The number of hydrogen-bond acceptors (Lipinski definition) is 4. The number of aryl methyl sites for hydroxylation is 1. The molecular formula is C12H17N3O3. The molecule has 1 aromatic heterocycles. The number of nitrogens with one attached hydrogen (secondary N) is 1. The molecule has 2 amide bonds. The highest BCUT2D eigenvalue weighted by molar-refractivity contribution is 5.94. The van der Waals surface area contributed by atoms with Crippen LogP contribution in [0.25, 0.3) is 0 Å². The number of piperazine rings is 1. The summed E-state index contributed by atoms with van der Waals surface area (Å²) in [6, 6.07) is -0.424. The first-order valence-corrected chi connectivity index (χ1v) is 6.15. The Hall–Kier alpha value is -1.85. The second kappa shape index (κ2) is 5.20. The van der Waals surface area contributed by atoms with E-state index >= 15 is 0 Å². The average molecular weight is 251 g/mol. The van der Waals surface area contributed by atoms with Gasteiger partial charge in [-0.2, -0.15) is 0 Å². The summed E-state index contributed by atoms with van der Waals surface area (Å²) in [5, 5.41) is 2.67. The predicted octanol–water partition coefficient (Wildman–Crippen LogP) is 0.474. The van der Waals surface area contributed by atoms with Crippen molar-refractivity contribution in [2.45, 2.75) is 39.3 Å². The van der Waals surface area contributed by atoms with Crippen molar-refractivity contribution in [2.24, 2.45) is 0 Å². The molecule has 98 valence electrons. The van der Waals surface area contributed by atoms with Crippen LogP contribution in [-0.2, 0) is 22.6 Å². The van der Waals surface area contributed by atoms with Gasteiger partial charge in [-0.15, -0.1) is 0 Å². The molecule has 1 fully saturated rings. The fourth-order valence-corrected chi connectivity index (χ4v) is 1.93. The van der Waals surface area contributed by atoms with Crippen molar-refractivity contribution < 1.29 is 14.0 Å². The number of carbonyl (C=O) groups is 2.